The van der Waals surface area contributed by atoms with Gasteiger partial charge in [0.15, 0.2) is 0 Å². The molecule has 0 spiro atoms. The summed E-state index contributed by atoms with van der Waals surface area (Å²) >= 11 is 0. The van der Waals surface area contributed by atoms with Gasteiger partial charge in [-0.3, -0.25) is 14.7 Å². The second kappa shape index (κ2) is 6.96. The third kappa shape index (κ3) is 4.33. The summed E-state index contributed by atoms with van der Waals surface area (Å²) in [4.78, 5) is 17.7. The van der Waals surface area contributed by atoms with Crippen LogP contribution >= 0.6 is 0 Å². The second-order valence-electron chi connectivity index (χ2n) is 4.30. The van der Waals surface area contributed by atoms with E-state index in [4.69, 9.17) is 0 Å². The predicted molar refractivity (Wildman–Crippen MR) is 70.3 cm³/mol. The fourth-order valence-electron chi connectivity index (χ4n) is 1.74. The first-order chi connectivity index (χ1) is 8.56. The van der Waals surface area contributed by atoms with E-state index in [-0.39, 0.29) is 11.7 Å². The number of rotatable bonds is 6. The summed E-state index contributed by atoms with van der Waals surface area (Å²) in [6.45, 7) is 5.53. The molecule has 5 nitrogen and oxygen atoms in total. The highest BCUT2D eigenvalue weighted by Gasteiger charge is 2.12. The Hall–Kier alpha value is -1.62. The van der Waals surface area contributed by atoms with Crippen LogP contribution in [0.5, 0.6) is 5.75 Å². The van der Waals surface area contributed by atoms with Crippen molar-refractivity contribution in [1.29, 1.82) is 0 Å². The van der Waals surface area contributed by atoms with Gasteiger partial charge >= 0.3 is 0 Å². The summed E-state index contributed by atoms with van der Waals surface area (Å²) < 4.78 is 0. The van der Waals surface area contributed by atoms with Gasteiger partial charge in [0.05, 0.1) is 12.2 Å². The van der Waals surface area contributed by atoms with Gasteiger partial charge in [-0.1, -0.05) is 6.92 Å². The van der Waals surface area contributed by atoms with Crippen LogP contribution in [0.3, 0.4) is 0 Å². The Kier molecular flexibility index (Phi) is 5.58. The molecule has 0 aliphatic heterocycles. The number of hydrogen-bond donors (Lipinski definition) is 2. The molecule has 0 saturated heterocycles. The molecule has 2 N–H and O–H groups in total. The zero-order valence-corrected chi connectivity index (χ0v) is 11.2. The SMILES string of the molecule is CCCN(CC(=O)NC)Cc1nc(C)ccc1O. The lowest BCUT2D eigenvalue weighted by atomic mass is 10.2. The molecule has 5 heteroatoms. The van der Waals surface area contributed by atoms with E-state index in [0.717, 1.165) is 18.7 Å². The highest BCUT2D eigenvalue weighted by molar-refractivity contribution is 5.77. The van der Waals surface area contributed by atoms with Crippen molar-refractivity contribution in [3.8, 4) is 5.75 Å². The Morgan fingerprint density at radius 1 is 1.50 bits per heavy atom. The van der Waals surface area contributed by atoms with Gasteiger partial charge in [0.1, 0.15) is 5.75 Å². The molecule has 0 fully saturated rings. The predicted octanol–water partition coefficient (Wildman–Crippen LogP) is 1.05. The molecule has 0 unspecified atom stereocenters. The number of hydrogen-bond acceptors (Lipinski definition) is 4. The zero-order chi connectivity index (χ0) is 13.5. The molecule has 0 radical (unpaired) electrons. The minimum Gasteiger partial charge on any atom is -0.506 e. The van der Waals surface area contributed by atoms with Crippen LogP contribution in [0.4, 0.5) is 0 Å². The smallest absolute Gasteiger partial charge is 0.233 e. The van der Waals surface area contributed by atoms with Crippen LogP contribution < -0.4 is 5.32 Å². The molecule has 1 rings (SSSR count). The highest BCUT2D eigenvalue weighted by Crippen LogP contribution is 2.16. The topological polar surface area (TPSA) is 65.5 Å². The largest absolute Gasteiger partial charge is 0.506 e. The lowest BCUT2D eigenvalue weighted by molar-refractivity contribution is -0.121. The molecule has 18 heavy (non-hydrogen) atoms. The Bertz CT molecular complexity index is 407. The van der Waals surface area contributed by atoms with Crippen LogP contribution in [0.2, 0.25) is 0 Å². The molecule has 0 aromatic carbocycles. The van der Waals surface area contributed by atoms with Crippen LogP contribution in [-0.2, 0) is 11.3 Å². The maximum absolute atomic E-state index is 11.4. The number of nitrogens with zero attached hydrogens (tertiary/aromatic N) is 2. The fraction of sp³-hybridized carbons (Fsp3) is 0.538. The van der Waals surface area contributed by atoms with E-state index < -0.39 is 0 Å². The molecule has 0 atom stereocenters. The maximum atomic E-state index is 11.4. The number of aryl methyl sites for hydroxylation is 1. The standard InChI is InChI=1S/C13H21N3O2/c1-4-7-16(9-13(18)14-3)8-11-12(17)6-5-10(2)15-11/h5-6,17H,4,7-9H2,1-3H3,(H,14,18). The van der Waals surface area contributed by atoms with Crippen molar-refractivity contribution in [3.63, 3.8) is 0 Å². The van der Waals surface area contributed by atoms with E-state index in [0.29, 0.717) is 18.8 Å². The molecule has 0 aliphatic carbocycles. The van der Waals surface area contributed by atoms with Gasteiger partial charge in [-0.2, -0.15) is 0 Å². The van der Waals surface area contributed by atoms with Gasteiger partial charge < -0.3 is 10.4 Å². The normalized spacial score (nSPS) is 10.7. The van der Waals surface area contributed by atoms with E-state index >= 15 is 0 Å². The lowest BCUT2D eigenvalue weighted by Crippen LogP contribution is -2.35. The summed E-state index contributed by atoms with van der Waals surface area (Å²) in [5.41, 5.74) is 1.48. The lowest BCUT2D eigenvalue weighted by Gasteiger charge is -2.20. The van der Waals surface area contributed by atoms with Crippen molar-refractivity contribution in [2.45, 2.75) is 26.8 Å². The van der Waals surface area contributed by atoms with E-state index in [2.05, 4.69) is 17.2 Å². The average molecular weight is 251 g/mol. The van der Waals surface area contributed by atoms with E-state index in [9.17, 15) is 9.90 Å². The number of nitrogens with one attached hydrogen (secondary N) is 1. The zero-order valence-electron chi connectivity index (χ0n) is 11.2. The third-order valence-electron chi connectivity index (χ3n) is 2.65. The number of carbonyl (C=O) groups is 1. The Labute approximate surface area is 108 Å². The van der Waals surface area contributed by atoms with Crippen molar-refractivity contribution in [2.75, 3.05) is 20.1 Å². The molecule has 0 bridgehead atoms. The molecule has 0 saturated carbocycles. The summed E-state index contributed by atoms with van der Waals surface area (Å²) in [5, 5.41) is 12.4. The number of aromatic nitrogens is 1. The Balaban J connectivity index is 2.75. The van der Waals surface area contributed by atoms with Gasteiger partial charge in [0.2, 0.25) is 5.91 Å². The first kappa shape index (κ1) is 14.4. The van der Waals surface area contributed by atoms with Gasteiger partial charge in [-0.15, -0.1) is 0 Å². The monoisotopic (exact) mass is 251 g/mol. The van der Waals surface area contributed by atoms with Crippen LogP contribution in [-0.4, -0.2) is 41.0 Å². The molecule has 0 aliphatic rings. The van der Waals surface area contributed by atoms with Gasteiger partial charge in [-0.05, 0) is 32.0 Å². The van der Waals surface area contributed by atoms with Crippen molar-refractivity contribution in [1.82, 2.24) is 15.2 Å². The minimum absolute atomic E-state index is 0.0319. The number of carbonyl (C=O) groups excluding carboxylic acids is 1. The minimum atomic E-state index is -0.0319. The fourth-order valence-corrected chi connectivity index (χ4v) is 1.74. The number of amides is 1. The first-order valence-corrected chi connectivity index (χ1v) is 6.15. The number of aromatic hydroxyl groups is 1. The van der Waals surface area contributed by atoms with Gasteiger partial charge in [0, 0.05) is 19.3 Å². The molecular weight excluding hydrogens is 230 g/mol. The van der Waals surface area contributed by atoms with Crippen LogP contribution in [0, 0.1) is 6.92 Å². The Morgan fingerprint density at radius 3 is 2.83 bits per heavy atom. The average Bonchev–Trinajstić information content (AvgIpc) is 2.34. The summed E-state index contributed by atoms with van der Waals surface area (Å²) in [6, 6.07) is 3.41. The molecule has 1 aromatic rings. The van der Waals surface area contributed by atoms with Gasteiger partial charge in [0.25, 0.3) is 0 Å². The van der Waals surface area contributed by atoms with Crippen LogP contribution in [0.25, 0.3) is 0 Å². The molecule has 1 heterocycles. The van der Waals surface area contributed by atoms with Crippen LogP contribution in [0.1, 0.15) is 24.7 Å². The van der Waals surface area contributed by atoms with Crippen molar-refractivity contribution < 1.29 is 9.90 Å². The Morgan fingerprint density at radius 2 is 2.22 bits per heavy atom. The van der Waals surface area contributed by atoms with Crippen molar-refractivity contribution in [2.24, 2.45) is 0 Å². The summed E-state index contributed by atoms with van der Waals surface area (Å²) in [7, 11) is 1.62. The highest BCUT2D eigenvalue weighted by atomic mass is 16.3. The second-order valence-corrected chi connectivity index (χ2v) is 4.30. The summed E-state index contributed by atoms with van der Waals surface area (Å²) in [6.07, 6.45) is 0.948. The number of pyridine rings is 1. The third-order valence-corrected chi connectivity index (χ3v) is 2.65. The van der Waals surface area contributed by atoms with E-state index in [1.165, 1.54) is 0 Å². The van der Waals surface area contributed by atoms with Crippen LogP contribution in [0.15, 0.2) is 12.1 Å². The van der Waals surface area contributed by atoms with E-state index in [1.54, 1.807) is 19.2 Å². The maximum Gasteiger partial charge on any atom is 0.233 e. The summed E-state index contributed by atoms with van der Waals surface area (Å²) in [5.74, 6) is 0.147. The first-order valence-electron chi connectivity index (χ1n) is 6.15. The van der Waals surface area contributed by atoms with Gasteiger partial charge in [-0.25, -0.2) is 0 Å². The number of likely N-dealkylation sites (N-methyl/N-ethyl adjacent to an activating group) is 1. The van der Waals surface area contributed by atoms with Crippen molar-refractivity contribution in [3.05, 3.63) is 23.5 Å². The molecule has 1 amide bonds. The van der Waals surface area contributed by atoms with Crippen molar-refractivity contribution >= 4 is 5.91 Å². The molecular formula is C13H21N3O2. The molecule has 1 aromatic heterocycles. The quantitative estimate of drug-likeness (QED) is 0.793. The van der Waals surface area contributed by atoms with E-state index in [1.807, 2.05) is 11.8 Å². The molecule has 100 valence electrons.